The lowest BCUT2D eigenvalue weighted by molar-refractivity contribution is 0.242. The summed E-state index contributed by atoms with van der Waals surface area (Å²) in [6.45, 7) is 5.67. The van der Waals surface area contributed by atoms with Gasteiger partial charge in [0.1, 0.15) is 11.6 Å². The minimum Gasteiger partial charge on any atom is -0.491 e. The number of hydrogen-bond acceptors (Lipinski definition) is 2. The predicted octanol–water partition coefficient (Wildman–Crippen LogP) is 3.97. The van der Waals surface area contributed by atoms with E-state index >= 15 is 0 Å². The first kappa shape index (κ1) is 14.5. The average molecular weight is 273 g/mol. The van der Waals surface area contributed by atoms with Crippen LogP contribution < -0.4 is 10.5 Å². The van der Waals surface area contributed by atoms with Crippen LogP contribution in [0, 0.1) is 12.7 Å². The van der Waals surface area contributed by atoms with Crippen LogP contribution in [0.4, 0.5) is 4.39 Å². The molecule has 0 fully saturated rings. The van der Waals surface area contributed by atoms with E-state index in [0.717, 1.165) is 11.3 Å². The van der Waals surface area contributed by atoms with Gasteiger partial charge in [-0.3, -0.25) is 0 Å². The van der Waals surface area contributed by atoms with Crippen molar-refractivity contribution in [2.45, 2.75) is 32.9 Å². The Bertz CT molecular complexity index is 595. The summed E-state index contributed by atoms with van der Waals surface area (Å²) in [7, 11) is 0. The summed E-state index contributed by atoms with van der Waals surface area (Å²) >= 11 is 0. The van der Waals surface area contributed by atoms with Crippen molar-refractivity contribution in [3.63, 3.8) is 0 Å². The number of rotatable bonds is 4. The monoisotopic (exact) mass is 273 g/mol. The summed E-state index contributed by atoms with van der Waals surface area (Å²) in [5.74, 6) is 0.510. The molecular formula is C17H20FNO. The number of hydrogen-bond donors (Lipinski definition) is 1. The average Bonchev–Trinajstić information content (AvgIpc) is 2.41. The van der Waals surface area contributed by atoms with Crippen LogP contribution in [-0.2, 0) is 0 Å². The molecule has 0 amide bonds. The molecule has 0 radical (unpaired) electrons. The van der Waals surface area contributed by atoms with Gasteiger partial charge < -0.3 is 10.5 Å². The van der Waals surface area contributed by atoms with Crippen molar-refractivity contribution in [3.05, 3.63) is 65.0 Å². The standard InChI is InChI=1S/C17H20FNO/c1-11(2)20-14-8-5-7-13(10-14)17(19)15-9-4-6-12(3)16(15)18/h4-11,17H,19H2,1-3H3. The molecule has 0 saturated heterocycles. The second-order valence-electron chi connectivity index (χ2n) is 5.19. The first-order valence-corrected chi connectivity index (χ1v) is 6.76. The van der Waals surface area contributed by atoms with Crippen LogP contribution in [-0.4, -0.2) is 6.10 Å². The number of halogens is 1. The molecule has 0 aromatic heterocycles. The zero-order valence-electron chi connectivity index (χ0n) is 12.1. The molecule has 2 N–H and O–H groups in total. The maximum Gasteiger partial charge on any atom is 0.131 e. The lowest BCUT2D eigenvalue weighted by atomic mass is 9.97. The first-order valence-electron chi connectivity index (χ1n) is 6.76. The minimum atomic E-state index is -0.495. The summed E-state index contributed by atoms with van der Waals surface area (Å²) in [6, 6.07) is 12.3. The van der Waals surface area contributed by atoms with Crippen molar-refractivity contribution >= 4 is 0 Å². The Labute approximate surface area is 119 Å². The van der Waals surface area contributed by atoms with Crippen molar-refractivity contribution < 1.29 is 9.13 Å². The predicted molar refractivity (Wildman–Crippen MR) is 79.4 cm³/mol. The molecule has 0 spiro atoms. The maximum atomic E-state index is 14.1. The molecule has 106 valence electrons. The number of ether oxygens (including phenoxy) is 1. The van der Waals surface area contributed by atoms with E-state index < -0.39 is 6.04 Å². The number of benzene rings is 2. The summed E-state index contributed by atoms with van der Waals surface area (Å²) in [5, 5.41) is 0. The Hall–Kier alpha value is -1.87. The SMILES string of the molecule is Cc1cccc(C(N)c2cccc(OC(C)C)c2)c1F. The van der Waals surface area contributed by atoms with Gasteiger partial charge in [-0.15, -0.1) is 0 Å². The third-order valence-electron chi connectivity index (χ3n) is 3.15. The molecule has 2 nitrogen and oxygen atoms in total. The molecule has 3 heteroatoms. The van der Waals surface area contributed by atoms with Crippen LogP contribution in [0.3, 0.4) is 0 Å². The molecule has 0 aliphatic rings. The lowest BCUT2D eigenvalue weighted by Crippen LogP contribution is -2.14. The zero-order valence-corrected chi connectivity index (χ0v) is 12.1. The van der Waals surface area contributed by atoms with E-state index in [9.17, 15) is 4.39 Å². The second kappa shape index (κ2) is 6.06. The summed E-state index contributed by atoms with van der Waals surface area (Å²) in [6.07, 6.45) is 0.0946. The molecule has 0 aliphatic carbocycles. The minimum absolute atomic E-state index is 0.0946. The van der Waals surface area contributed by atoms with Gasteiger partial charge in [0.05, 0.1) is 12.1 Å². The van der Waals surface area contributed by atoms with E-state index in [1.807, 2.05) is 44.2 Å². The second-order valence-corrected chi connectivity index (χ2v) is 5.19. The molecule has 0 saturated carbocycles. The van der Waals surface area contributed by atoms with Gasteiger partial charge >= 0.3 is 0 Å². The third-order valence-corrected chi connectivity index (χ3v) is 3.15. The van der Waals surface area contributed by atoms with Gasteiger partial charge in [-0.2, -0.15) is 0 Å². The van der Waals surface area contributed by atoms with Gasteiger partial charge in [-0.25, -0.2) is 4.39 Å². The Kier molecular flexibility index (Phi) is 4.40. The van der Waals surface area contributed by atoms with Gasteiger partial charge in [-0.05, 0) is 44.0 Å². The Morgan fingerprint density at radius 1 is 1.10 bits per heavy atom. The van der Waals surface area contributed by atoms with Crippen LogP contribution in [0.25, 0.3) is 0 Å². The van der Waals surface area contributed by atoms with Gasteiger partial charge in [0.15, 0.2) is 0 Å². The van der Waals surface area contributed by atoms with Crippen LogP contribution in [0.2, 0.25) is 0 Å². The molecular weight excluding hydrogens is 253 g/mol. The van der Waals surface area contributed by atoms with E-state index in [4.69, 9.17) is 10.5 Å². The zero-order chi connectivity index (χ0) is 14.7. The summed E-state index contributed by atoms with van der Waals surface area (Å²) in [4.78, 5) is 0. The third kappa shape index (κ3) is 3.17. The molecule has 0 bridgehead atoms. The molecule has 1 unspecified atom stereocenters. The Morgan fingerprint density at radius 3 is 2.50 bits per heavy atom. The highest BCUT2D eigenvalue weighted by molar-refractivity contribution is 5.38. The maximum absolute atomic E-state index is 14.1. The van der Waals surface area contributed by atoms with Crippen LogP contribution in [0.5, 0.6) is 5.75 Å². The normalized spacial score (nSPS) is 12.5. The van der Waals surface area contributed by atoms with E-state index in [-0.39, 0.29) is 11.9 Å². The fourth-order valence-corrected chi connectivity index (χ4v) is 2.14. The van der Waals surface area contributed by atoms with Crippen LogP contribution in [0.1, 0.15) is 36.6 Å². The highest BCUT2D eigenvalue weighted by Crippen LogP contribution is 2.26. The lowest BCUT2D eigenvalue weighted by Gasteiger charge is -2.16. The Balaban J connectivity index is 2.33. The molecule has 0 heterocycles. The quantitative estimate of drug-likeness (QED) is 0.914. The van der Waals surface area contributed by atoms with Crippen LogP contribution >= 0.6 is 0 Å². The van der Waals surface area contributed by atoms with Crippen molar-refractivity contribution in [2.75, 3.05) is 0 Å². The van der Waals surface area contributed by atoms with Crippen molar-refractivity contribution in [1.82, 2.24) is 0 Å². The van der Waals surface area contributed by atoms with Gasteiger partial charge in [0.25, 0.3) is 0 Å². The van der Waals surface area contributed by atoms with E-state index in [2.05, 4.69) is 0 Å². The van der Waals surface area contributed by atoms with Crippen LogP contribution in [0.15, 0.2) is 42.5 Å². The molecule has 20 heavy (non-hydrogen) atoms. The van der Waals surface area contributed by atoms with E-state index in [1.165, 1.54) is 0 Å². The largest absolute Gasteiger partial charge is 0.491 e. The smallest absolute Gasteiger partial charge is 0.131 e. The fraction of sp³-hybridized carbons (Fsp3) is 0.294. The number of aryl methyl sites for hydroxylation is 1. The van der Waals surface area contributed by atoms with E-state index in [1.54, 1.807) is 19.1 Å². The highest BCUT2D eigenvalue weighted by atomic mass is 19.1. The van der Waals surface area contributed by atoms with Gasteiger partial charge in [0.2, 0.25) is 0 Å². The van der Waals surface area contributed by atoms with Gasteiger partial charge in [-0.1, -0.05) is 30.3 Å². The summed E-state index contributed by atoms with van der Waals surface area (Å²) < 4.78 is 19.8. The summed E-state index contributed by atoms with van der Waals surface area (Å²) in [5.41, 5.74) is 8.14. The molecule has 2 rings (SSSR count). The fourth-order valence-electron chi connectivity index (χ4n) is 2.14. The van der Waals surface area contributed by atoms with Crippen molar-refractivity contribution in [2.24, 2.45) is 5.73 Å². The molecule has 1 atom stereocenters. The topological polar surface area (TPSA) is 35.2 Å². The first-order chi connectivity index (χ1) is 9.49. The molecule has 0 aliphatic heterocycles. The van der Waals surface area contributed by atoms with Crippen molar-refractivity contribution in [3.8, 4) is 5.75 Å². The highest BCUT2D eigenvalue weighted by Gasteiger charge is 2.15. The van der Waals surface area contributed by atoms with Gasteiger partial charge in [0, 0.05) is 5.56 Å². The van der Waals surface area contributed by atoms with Crippen molar-refractivity contribution in [1.29, 1.82) is 0 Å². The Morgan fingerprint density at radius 2 is 1.80 bits per heavy atom. The molecule has 2 aromatic rings. The number of nitrogens with two attached hydrogens (primary N) is 1. The molecule has 2 aromatic carbocycles. The van der Waals surface area contributed by atoms with E-state index in [0.29, 0.717) is 11.1 Å².